The Hall–Kier alpha value is -1.87. The molecule has 2 rings (SSSR count). The Morgan fingerprint density at radius 1 is 1.19 bits per heavy atom. The quantitative estimate of drug-likeness (QED) is 0.864. The summed E-state index contributed by atoms with van der Waals surface area (Å²) in [5, 5.41) is 0. The molecule has 0 bridgehead atoms. The van der Waals surface area contributed by atoms with Crippen LogP contribution in [0.4, 0.5) is 0 Å². The van der Waals surface area contributed by atoms with Crippen molar-refractivity contribution >= 4 is 0 Å². The Bertz CT molecular complexity index is 591. The monoisotopic (exact) mass is 284 g/mol. The third-order valence-electron chi connectivity index (χ3n) is 3.69. The minimum Gasteiger partial charge on any atom is -0.455 e. The second-order valence-electron chi connectivity index (χ2n) is 5.72. The second kappa shape index (κ2) is 6.72. The van der Waals surface area contributed by atoms with Gasteiger partial charge in [-0.05, 0) is 48.6 Å². The lowest BCUT2D eigenvalue weighted by Crippen LogP contribution is -2.10. The highest BCUT2D eigenvalue weighted by Crippen LogP contribution is 2.28. The van der Waals surface area contributed by atoms with Crippen molar-refractivity contribution in [3.05, 3.63) is 53.3 Å². The number of aromatic nitrogens is 1. The number of pyridine rings is 1. The fourth-order valence-electron chi connectivity index (χ4n) is 2.09. The number of benzene rings is 1. The van der Waals surface area contributed by atoms with Gasteiger partial charge in [-0.25, -0.2) is 0 Å². The average molecular weight is 284 g/mol. The molecule has 0 spiro atoms. The molecule has 1 aromatic heterocycles. The molecule has 3 heteroatoms. The van der Waals surface area contributed by atoms with Crippen LogP contribution < -0.4 is 10.5 Å². The largest absolute Gasteiger partial charge is 0.455 e. The van der Waals surface area contributed by atoms with Crippen LogP contribution in [0.5, 0.6) is 11.5 Å². The summed E-state index contributed by atoms with van der Waals surface area (Å²) in [6.45, 7) is 8.46. The van der Waals surface area contributed by atoms with E-state index in [9.17, 15) is 0 Å². The standard InChI is InChI=1S/C18H24N2O/c1-5-16(19)17-9-8-15(11-20-17)21-18-10-14(12(2)3)7-6-13(18)4/h6-12,16H,5,19H2,1-4H3/t16-/m1/s1. The molecule has 2 aromatic rings. The first kappa shape index (κ1) is 15.5. The topological polar surface area (TPSA) is 48.1 Å². The molecule has 1 heterocycles. The minimum absolute atomic E-state index is 0.00921. The zero-order chi connectivity index (χ0) is 15.4. The van der Waals surface area contributed by atoms with Crippen molar-refractivity contribution in [3.63, 3.8) is 0 Å². The van der Waals surface area contributed by atoms with Crippen LogP contribution in [0.1, 0.15) is 56.0 Å². The summed E-state index contributed by atoms with van der Waals surface area (Å²) in [7, 11) is 0. The molecule has 0 saturated carbocycles. The molecule has 0 saturated heterocycles. The molecule has 3 nitrogen and oxygen atoms in total. The van der Waals surface area contributed by atoms with E-state index in [0.717, 1.165) is 29.2 Å². The first-order valence-corrected chi connectivity index (χ1v) is 7.51. The summed E-state index contributed by atoms with van der Waals surface area (Å²) in [5.74, 6) is 2.11. The molecule has 0 radical (unpaired) electrons. The third-order valence-corrected chi connectivity index (χ3v) is 3.69. The van der Waals surface area contributed by atoms with Gasteiger partial charge < -0.3 is 10.5 Å². The molecule has 0 aliphatic carbocycles. The smallest absolute Gasteiger partial charge is 0.145 e. The number of ether oxygens (including phenoxy) is 1. The van der Waals surface area contributed by atoms with Crippen LogP contribution >= 0.6 is 0 Å². The van der Waals surface area contributed by atoms with Crippen molar-refractivity contribution in [2.45, 2.75) is 46.1 Å². The first-order chi connectivity index (χ1) is 10.0. The van der Waals surface area contributed by atoms with Crippen LogP contribution in [-0.2, 0) is 0 Å². The van der Waals surface area contributed by atoms with Gasteiger partial charge in [-0.15, -0.1) is 0 Å². The van der Waals surface area contributed by atoms with Gasteiger partial charge in [-0.3, -0.25) is 4.98 Å². The van der Waals surface area contributed by atoms with Crippen molar-refractivity contribution in [2.24, 2.45) is 5.73 Å². The Balaban J connectivity index is 2.20. The summed E-state index contributed by atoms with van der Waals surface area (Å²) in [6, 6.07) is 10.2. The van der Waals surface area contributed by atoms with Crippen molar-refractivity contribution in [1.29, 1.82) is 0 Å². The van der Waals surface area contributed by atoms with Crippen molar-refractivity contribution in [1.82, 2.24) is 4.98 Å². The van der Waals surface area contributed by atoms with Crippen LogP contribution in [0.3, 0.4) is 0 Å². The molecule has 1 aromatic carbocycles. The van der Waals surface area contributed by atoms with E-state index in [1.54, 1.807) is 6.20 Å². The maximum absolute atomic E-state index is 5.97. The van der Waals surface area contributed by atoms with E-state index < -0.39 is 0 Å². The van der Waals surface area contributed by atoms with Crippen LogP contribution in [0.2, 0.25) is 0 Å². The maximum Gasteiger partial charge on any atom is 0.145 e. The number of nitrogens with two attached hydrogens (primary N) is 1. The molecule has 0 aliphatic heterocycles. The summed E-state index contributed by atoms with van der Waals surface area (Å²) < 4.78 is 5.97. The van der Waals surface area contributed by atoms with Gasteiger partial charge in [0.2, 0.25) is 0 Å². The highest BCUT2D eigenvalue weighted by molar-refractivity contribution is 5.40. The fraction of sp³-hybridized carbons (Fsp3) is 0.389. The van der Waals surface area contributed by atoms with Crippen LogP contribution in [0, 0.1) is 6.92 Å². The molecule has 1 atom stereocenters. The molecular formula is C18H24N2O. The average Bonchev–Trinajstić information content (AvgIpc) is 2.49. The van der Waals surface area contributed by atoms with E-state index in [-0.39, 0.29) is 6.04 Å². The van der Waals surface area contributed by atoms with E-state index in [4.69, 9.17) is 10.5 Å². The zero-order valence-electron chi connectivity index (χ0n) is 13.3. The Morgan fingerprint density at radius 2 is 1.95 bits per heavy atom. The van der Waals surface area contributed by atoms with Crippen molar-refractivity contribution < 1.29 is 4.74 Å². The Labute approximate surface area is 127 Å². The van der Waals surface area contributed by atoms with Gasteiger partial charge in [0.25, 0.3) is 0 Å². The Kier molecular flexibility index (Phi) is 4.97. The number of nitrogens with zero attached hydrogens (tertiary/aromatic N) is 1. The van der Waals surface area contributed by atoms with Gasteiger partial charge in [0.1, 0.15) is 11.5 Å². The van der Waals surface area contributed by atoms with Crippen LogP contribution in [0.15, 0.2) is 36.5 Å². The zero-order valence-corrected chi connectivity index (χ0v) is 13.3. The van der Waals surface area contributed by atoms with Crippen molar-refractivity contribution in [2.75, 3.05) is 0 Å². The van der Waals surface area contributed by atoms with E-state index in [2.05, 4.69) is 44.0 Å². The predicted molar refractivity (Wildman–Crippen MR) is 86.8 cm³/mol. The van der Waals surface area contributed by atoms with E-state index in [1.807, 2.05) is 19.1 Å². The maximum atomic E-state index is 5.97. The lowest BCUT2D eigenvalue weighted by molar-refractivity contribution is 0.474. The lowest BCUT2D eigenvalue weighted by Gasteiger charge is -2.13. The molecule has 0 aliphatic rings. The molecule has 0 amide bonds. The molecule has 112 valence electrons. The molecule has 21 heavy (non-hydrogen) atoms. The summed E-state index contributed by atoms with van der Waals surface area (Å²) in [4.78, 5) is 4.38. The molecule has 2 N–H and O–H groups in total. The fourth-order valence-corrected chi connectivity index (χ4v) is 2.09. The minimum atomic E-state index is -0.00921. The predicted octanol–water partition coefficient (Wildman–Crippen LogP) is 4.72. The van der Waals surface area contributed by atoms with Crippen LogP contribution in [-0.4, -0.2) is 4.98 Å². The number of hydrogen-bond acceptors (Lipinski definition) is 3. The van der Waals surface area contributed by atoms with Gasteiger partial charge in [0, 0.05) is 6.04 Å². The highest BCUT2D eigenvalue weighted by Gasteiger charge is 2.08. The van der Waals surface area contributed by atoms with Gasteiger partial charge in [-0.1, -0.05) is 32.9 Å². The second-order valence-corrected chi connectivity index (χ2v) is 5.72. The van der Waals surface area contributed by atoms with Gasteiger partial charge in [-0.2, -0.15) is 0 Å². The highest BCUT2D eigenvalue weighted by atomic mass is 16.5. The normalized spacial score (nSPS) is 12.5. The SMILES string of the molecule is CC[C@@H](N)c1ccc(Oc2cc(C(C)C)ccc2C)cn1. The number of hydrogen-bond donors (Lipinski definition) is 1. The van der Waals surface area contributed by atoms with Gasteiger partial charge >= 0.3 is 0 Å². The van der Waals surface area contributed by atoms with Gasteiger partial charge in [0.05, 0.1) is 11.9 Å². The molecular weight excluding hydrogens is 260 g/mol. The summed E-state index contributed by atoms with van der Waals surface area (Å²) in [6.07, 6.45) is 2.62. The molecule has 0 fully saturated rings. The van der Waals surface area contributed by atoms with E-state index >= 15 is 0 Å². The third kappa shape index (κ3) is 3.82. The number of aryl methyl sites for hydroxylation is 1. The first-order valence-electron chi connectivity index (χ1n) is 7.51. The van der Waals surface area contributed by atoms with Crippen molar-refractivity contribution in [3.8, 4) is 11.5 Å². The lowest BCUT2D eigenvalue weighted by atomic mass is 10.0. The molecule has 0 unspecified atom stereocenters. The summed E-state index contributed by atoms with van der Waals surface area (Å²) in [5.41, 5.74) is 9.26. The summed E-state index contributed by atoms with van der Waals surface area (Å²) >= 11 is 0. The van der Waals surface area contributed by atoms with E-state index in [1.165, 1.54) is 5.56 Å². The van der Waals surface area contributed by atoms with Crippen LogP contribution in [0.25, 0.3) is 0 Å². The van der Waals surface area contributed by atoms with E-state index in [0.29, 0.717) is 5.92 Å². The Morgan fingerprint density at radius 3 is 2.52 bits per heavy atom. The number of rotatable bonds is 5. The van der Waals surface area contributed by atoms with Gasteiger partial charge in [0.15, 0.2) is 0 Å².